The van der Waals surface area contributed by atoms with E-state index in [2.05, 4.69) is 55.0 Å². The standard InChI is InChI=1S/C49H54N10O5S/c1-27(2)45(48(63)58-25-35(60)19-42(58)47(62)53-29(5)31-11-13-33(14-12-31)46-30(6)52-26-65-46)44-22-37(56-64-44)34-23-50-49(51-24-34)57-17-15-32(16-18-57)40-21-39-41(59(40)28(3)4)20-38(54-55-39)36-9-7-8-10-43(36)61/h7-14,20-24,26-29,32,35,42,45,60-61H,15-19,25H2,1-6H3,(H,53,62)/t29-,35+,42-,45-/m0/s1. The maximum absolute atomic E-state index is 14.3. The third-order valence-corrected chi connectivity index (χ3v) is 13.8. The number of benzene rings is 2. The number of aliphatic hydroxyl groups excluding tert-OH is 1. The molecule has 2 saturated heterocycles. The average molecular weight is 895 g/mol. The summed E-state index contributed by atoms with van der Waals surface area (Å²) >= 11 is 1.59. The topological polar surface area (TPSA) is 189 Å². The van der Waals surface area contributed by atoms with Crippen molar-refractivity contribution in [2.75, 3.05) is 24.5 Å². The lowest BCUT2D eigenvalue weighted by Crippen LogP contribution is -2.48. The van der Waals surface area contributed by atoms with Gasteiger partial charge in [-0.15, -0.1) is 21.5 Å². The number of nitrogens with zero attached hydrogens (tertiary/aromatic N) is 9. The van der Waals surface area contributed by atoms with Crippen LogP contribution in [0.15, 0.2) is 89.2 Å². The second kappa shape index (κ2) is 18.2. The van der Waals surface area contributed by atoms with E-state index >= 15 is 0 Å². The molecule has 336 valence electrons. The molecule has 0 unspecified atom stereocenters. The van der Waals surface area contributed by atoms with Gasteiger partial charge in [0.2, 0.25) is 17.8 Å². The molecule has 0 spiro atoms. The number of piperidine rings is 1. The number of anilines is 1. The molecule has 2 aliphatic heterocycles. The van der Waals surface area contributed by atoms with E-state index in [9.17, 15) is 19.8 Å². The summed E-state index contributed by atoms with van der Waals surface area (Å²) in [5.41, 5.74) is 10.3. The van der Waals surface area contributed by atoms with Crippen LogP contribution in [0.2, 0.25) is 0 Å². The lowest BCUT2D eigenvalue weighted by Gasteiger charge is -2.33. The Morgan fingerprint density at radius 1 is 0.892 bits per heavy atom. The quantitative estimate of drug-likeness (QED) is 0.107. The summed E-state index contributed by atoms with van der Waals surface area (Å²) in [7, 11) is 0. The second-order valence-corrected chi connectivity index (χ2v) is 18.8. The van der Waals surface area contributed by atoms with Crippen molar-refractivity contribution in [2.24, 2.45) is 5.92 Å². The number of hydrogen-bond acceptors (Lipinski definition) is 13. The normalized spacial score (nSPS) is 17.9. The lowest BCUT2D eigenvalue weighted by molar-refractivity contribution is -0.141. The van der Waals surface area contributed by atoms with Crippen LogP contribution in [0.4, 0.5) is 5.95 Å². The molecule has 65 heavy (non-hydrogen) atoms. The number of carbonyl (C=O) groups excluding carboxylic acids is 2. The maximum Gasteiger partial charge on any atom is 0.243 e. The molecule has 2 amide bonds. The van der Waals surface area contributed by atoms with E-state index in [0.717, 1.165) is 58.7 Å². The predicted octanol–water partition coefficient (Wildman–Crippen LogP) is 8.22. The summed E-state index contributed by atoms with van der Waals surface area (Å²) in [4.78, 5) is 46.7. The highest BCUT2D eigenvalue weighted by atomic mass is 32.1. The minimum Gasteiger partial charge on any atom is -0.507 e. The van der Waals surface area contributed by atoms with Gasteiger partial charge >= 0.3 is 0 Å². The van der Waals surface area contributed by atoms with Crippen molar-refractivity contribution < 1.29 is 24.3 Å². The number of β-amino-alcohol motifs (C(OH)–C–C–N with tert-alkyl or cyclic N) is 1. The number of aryl methyl sites for hydroxylation is 1. The largest absolute Gasteiger partial charge is 0.507 e. The molecule has 16 heteroatoms. The van der Waals surface area contributed by atoms with Crippen LogP contribution in [-0.2, 0) is 9.59 Å². The van der Waals surface area contributed by atoms with Gasteiger partial charge in [0.05, 0.1) is 39.4 Å². The number of phenolic OH excluding ortho intramolecular Hbond substituents is 1. The molecule has 2 fully saturated rings. The predicted molar refractivity (Wildman–Crippen MR) is 249 cm³/mol. The van der Waals surface area contributed by atoms with Gasteiger partial charge in [0, 0.05) is 73.3 Å². The summed E-state index contributed by atoms with van der Waals surface area (Å²) in [6.45, 7) is 13.7. The number of hydrogen-bond donors (Lipinski definition) is 3. The zero-order valence-corrected chi connectivity index (χ0v) is 38.2. The monoisotopic (exact) mass is 894 g/mol. The number of fused-ring (bicyclic) bond motifs is 1. The first-order chi connectivity index (χ1) is 31.3. The Balaban J connectivity index is 0.843. The Bertz CT molecular complexity index is 2810. The number of aromatic hydroxyl groups is 1. The fourth-order valence-corrected chi connectivity index (χ4v) is 10.2. The molecule has 9 rings (SSSR count). The molecule has 3 N–H and O–H groups in total. The molecule has 7 aromatic rings. The highest BCUT2D eigenvalue weighted by Crippen LogP contribution is 2.38. The number of rotatable bonds is 12. The van der Waals surface area contributed by atoms with Gasteiger partial charge in [-0.3, -0.25) is 9.59 Å². The number of phenols is 1. The molecular weight excluding hydrogens is 841 g/mol. The van der Waals surface area contributed by atoms with Crippen molar-refractivity contribution >= 4 is 40.1 Å². The van der Waals surface area contributed by atoms with Crippen LogP contribution in [0.1, 0.15) is 101 Å². The summed E-state index contributed by atoms with van der Waals surface area (Å²) < 4.78 is 8.19. The first-order valence-corrected chi connectivity index (χ1v) is 23.2. The molecule has 7 heterocycles. The van der Waals surface area contributed by atoms with Crippen LogP contribution in [0, 0.1) is 12.8 Å². The second-order valence-electron chi connectivity index (χ2n) is 17.9. The van der Waals surface area contributed by atoms with E-state index in [4.69, 9.17) is 14.5 Å². The van der Waals surface area contributed by atoms with E-state index in [0.29, 0.717) is 40.1 Å². The van der Waals surface area contributed by atoms with Crippen molar-refractivity contribution in [1.82, 2.24) is 45.1 Å². The van der Waals surface area contributed by atoms with Gasteiger partial charge in [0.1, 0.15) is 34.7 Å². The van der Waals surface area contributed by atoms with Gasteiger partial charge < -0.3 is 34.4 Å². The molecule has 0 radical (unpaired) electrons. The minimum absolute atomic E-state index is 0.0442. The highest BCUT2D eigenvalue weighted by molar-refractivity contribution is 7.13. The number of likely N-dealkylation sites (tertiary alicyclic amines) is 1. The molecule has 0 bridgehead atoms. The Morgan fingerprint density at radius 3 is 2.31 bits per heavy atom. The van der Waals surface area contributed by atoms with E-state index in [1.54, 1.807) is 41.9 Å². The zero-order chi connectivity index (χ0) is 45.5. The van der Waals surface area contributed by atoms with Crippen molar-refractivity contribution in [3.05, 3.63) is 107 Å². The number of amides is 2. The Kier molecular flexibility index (Phi) is 12.2. The number of aromatic nitrogens is 7. The molecule has 15 nitrogen and oxygen atoms in total. The highest BCUT2D eigenvalue weighted by Gasteiger charge is 2.43. The summed E-state index contributed by atoms with van der Waals surface area (Å²) in [5.74, 6) is -0.0697. The van der Waals surface area contributed by atoms with E-state index in [-0.39, 0.29) is 48.5 Å². The van der Waals surface area contributed by atoms with Crippen LogP contribution in [0.3, 0.4) is 0 Å². The number of nitrogens with one attached hydrogen (secondary N) is 1. The first-order valence-electron chi connectivity index (χ1n) is 22.3. The van der Waals surface area contributed by atoms with Gasteiger partial charge in [-0.1, -0.05) is 55.4 Å². The molecule has 4 atom stereocenters. The smallest absolute Gasteiger partial charge is 0.243 e. The summed E-state index contributed by atoms with van der Waals surface area (Å²) in [5, 5.41) is 37.7. The number of carbonyl (C=O) groups is 2. The number of aliphatic hydroxyl groups is 1. The maximum atomic E-state index is 14.3. The van der Waals surface area contributed by atoms with Gasteiger partial charge in [0.15, 0.2) is 0 Å². The molecular formula is C49H54N10O5S. The van der Waals surface area contributed by atoms with Crippen molar-refractivity contribution in [2.45, 2.75) is 96.9 Å². The zero-order valence-electron chi connectivity index (χ0n) is 37.4. The summed E-state index contributed by atoms with van der Waals surface area (Å²) in [6.07, 6.45) is 4.57. The molecule has 0 aliphatic carbocycles. The van der Waals surface area contributed by atoms with Gasteiger partial charge in [-0.05, 0) is 81.8 Å². The number of para-hydroxylation sites is 1. The van der Waals surface area contributed by atoms with Gasteiger partial charge in [-0.25, -0.2) is 15.0 Å². The first kappa shape index (κ1) is 43.7. The minimum atomic E-state index is -0.840. The third-order valence-electron chi connectivity index (χ3n) is 12.9. The van der Waals surface area contributed by atoms with Crippen LogP contribution >= 0.6 is 11.3 Å². The Labute approximate surface area is 381 Å². The van der Waals surface area contributed by atoms with Crippen LogP contribution in [-0.4, -0.2) is 93.6 Å². The van der Waals surface area contributed by atoms with Crippen molar-refractivity contribution in [3.8, 4) is 38.7 Å². The van der Waals surface area contributed by atoms with E-state index < -0.39 is 18.1 Å². The molecule has 2 aliphatic rings. The van der Waals surface area contributed by atoms with Crippen LogP contribution < -0.4 is 10.2 Å². The van der Waals surface area contributed by atoms with Gasteiger partial charge in [-0.2, -0.15) is 0 Å². The van der Waals surface area contributed by atoms with Crippen LogP contribution in [0.5, 0.6) is 5.75 Å². The van der Waals surface area contributed by atoms with E-state index in [1.807, 2.05) is 75.7 Å². The molecule has 2 aromatic carbocycles. The fraction of sp³-hybridized carbons (Fsp3) is 0.388. The lowest BCUT2D eigenvalue weighted by atomic mass is 9.91. The SMILES string of the molecule is Cc1ncsc1-c1ccc([C@H](C)NC(=O)[C@@H]2C[C@@H](O)CN2C(=O)[C@H](c2cc(-c3cnc(N4CCC(c5cc6nnc(-c7ccccc7O)cc6n5C(C)C)CC4)nc3)no2)C(C)C)cc1. The van der Waals surface area contributed by atoms with Crippen molar-refractivity contribution in [3.63, 3.8) is 0 Å². The van der Waals surface area contributed by atoms with Crippen molar-refractivity contribution in [1.29, 1.82) is 0 Å². The number of thiazole rings is 1. The Hall–Kier alpha value is -6.52. The average Bonchev–Trinajstić information content (AvgIpc) is 4.13. The van der Waals surface area contributed by atoms with Crippen LogP contribution in [0.25, 0.3) is 44.0 Å². The third kappa shape index (κ3) is 8.72. The van der Waals surface area contributed by atoms with E-state index in [1.165, 1.54) is 10.6 Å². The van der Waals surface area contributed by atoms with Gasteiger partial charge in [0.25, 0.3) is 0 Å². The summed E-state index contributed by atoms with van der Waals surface area (Å²) in [6, 6.07) is 20.2. The molecule has 5 aromatic heterocycles. The molecule has 0 saturated carbocycles. The Morgan fingerprint density at radius 2 is 1.63 bits per heavy atom. The fourth-order valence-electron chi connectivity index (χ4n) is 9.43.